The van der Waals surface area contributed by atoms with Crippen LogP contribution >= 0.6 is 0 Å². The summed E-state index contributed by atoms with van der Waals surface area (Å²) in [7, 11) is 0. The third-order valence-electron chi connectivity index (χ3n) is 7.48. The molecule has 0 bridgehead atoms. The fourth-order valence-electron chi connectivity index (χ4n) is 5.31. The molecule has 3 aliphatic heterocycles. The molecule has 0 saturated carbocycles. The largest absolute Gasteiger partial charge is 0.487 e. The first-order valence-corrected chi connectivity index (χ1v) is 12.3. The SMILES string of the molecule is Cc1cc(OC2CN(C(=O)c3nnc(-c4ccccc4)o3)C2)ccc1CN1CC[C@@]2(CCOC2)C1. The summed E-state index contributed by atoms with van der Waals surface area (Å²) in [5.74, 6) is 0.936. The van der Waals surface area contributed by atoms with Gasteiger partial charge in [0.05, 0.1) is 19.7 Å². The first kappa shape index (κ1) is 22.2. The molecule has 182 valence electrons. The van der Waals surface area contributed by atoms with E-state index in [1.165, 1.54) is 24.0 Å². The summed E-state index contributed by atoms with van der Waals surface area (Å²) in [5.41, 5.74) is 3.75. The summed E-state index contributed by atoms with van der Waals surface area (Å²) in [4.78, 5) is 16.9. The molecule has 3 fully saturated rings. The molecule has 0 unspecified atom stereocenters. The van der Waals surface area contributed by atoms with Crippen molar-refractivity contribution in [2.75, 3.05) is 39.4 Å². The van der Waals surface area contributed by atoms with Gasteiger partial charge in [0.1, 0.15) is 11.9 Å². The molecule has 1 amide bonds. The Morgan fingerprint density at radius 2 is 2.00 bits per heavy atom. The van der Waals surface area contributed by atoms with Crippen LogP contribution < -0.4 is 4.74 Å². The molecule has 6 rings (SSSR count). The number of nitrogens with zero attached hydrogens (tertiary/aromatic N) is 4. The standard InChI is InChI=1S/C27H30N4O4/c1-19-13-22(8-7-21(19)14-30-11-9-27(17-30)10-12-33-18-27)34-23-15-31(16-23)26(32)25-29-28-24(35-25)20-5-3-2-4-6-20/h2-8,13,23H,9-12,14-18H2,1H3/t27-/m1/s1. The fourth-order valence-corrected chi connectivity index (χ4v) is 5.31. The zero-order valence-corrected chi connectivity index (χ0v) is 20.0. The van der Waals surface area contributed by atoms with E-state index in [2.05, 4.69) is 34.2 Å². The number of ether oxygens (including phenoxy) is 2. The van der Waals surface area contributed by atoms with Gasteiger partial charge in [-0.05, 0) is 61.7 Å². The van der Waals surface area contributed by atoms with Crippen LogP contribution in [0.4, 0.5) is 0 Å². The number of carbonyl (C=O) groups is 1. The van der Waals surface area contributed by atoms with Crippen LogP contribution in [0.15, 0.2) is 52.9 Å². The minimum absolute atomic E-state index is 0.00959. The number of amides is 1. The molecule has 8 heteroatoms. The van der Waals surface area contributed by atoms with Crippen LogP contribution in [0.2, 0.25) is 0 Å². The Hall–Kier alpha value is -3.23. The van der Waals surface area contributed by atoms with Gasteiger partial charge >= 0.3 is 11.8 Å². The molecule has 1 atom stereocenters. The van der Waals surface area contributed by atoms with E-state index >= 15 is 0 Å². The van der Waals surface area contributed by atoms with Crippen molar-refractivity contribution < 1.29 is 18.7 Å². The van der Waals surface area contributed by atoms with Crippen molar-refractivity contribution in [3.8, 4) is 17.2 Å². The zero-order valence-electron chi connectivity index (χ0n) is 20.0. The molecule has 3 aromatic rings. The maximum Gasteiger partial charge on any atom is 0.311 e. The highest BCUT2D eigenvalue weighted by Gasteiger charge is 2.41. The van der Waals surface area contributed by atoms with Crippen LogP contribution in [0.5, 0.6) is 5.75 Å². The van der Waals surface area contributed by atoms with Gasteiger partial charge in [-0.3, -0.25) is 9.69 Å². The number of hydrogen-bond donors (Lipinski definition) is 0. The monoisotopic (exact) mass is 474 g/mol. The Morgan fingerprint density at radius 1 is 1.14 bits per heavy atom. The quantitative estimate of drug-likeness (QED) is 0.540. The predicted octanol–water partition coefficient (Wildman–Crippen LogP) is 3.56. The average molecular weight is 475 g/mol. The summed E-state index contributed by atoms with van der Waals surface area (Å²) in [6.45, 7) is 8.20. The van der Waals surface area contributed by atoms with E-state index < -0.39 is 0 Å². The lowest BCUT2D eigenvalue weighted by molar-refractivity contribution is 0.0149. The lowest BCUT2D eigenvalue weighted by atomic mass is 9.87. The first-order chi connectivity index (χ1) is 17.1. The van der Waals surface area contributed by atoms with Gasteiger partial charge in [-0.2, -0.15) is 0 Å². The molecule has 0 N–H and O–H groups in total. The summed E-state index contributed by atoms with van der Waals surface area (Å²) in [6.07, 6.45) is 2.39. The predicted molar refractivity (Wildman–Crippen MR) is 129 cm³/mol. The minimum atomic E-state index is -0.262. The van der Waals surface area contributed by atoms with Crippen LogP contribution in [0.1, 0.15) is 34.7 Å². The highest BCUT2D eigenvalue weighted by molar-refractivity contribution is 5.90. The molecule has 1 spiro atoms. The van der Waals surface area contributed by atoms with E-state index in [0.29, 0.717) is 24.4 Å². The molecular weight excluding hydrogens is 444 g/mol. The second-order valence-corrected chi connectivity index (χ2v) is 10.1. The van der Waals surface area contributed by atoms with Gasteiger partial charge in [-0.25, -0.2) is 0 Å². The van der Waals surface area contributed by atoms with Gasteiger partial charge < -0.3 is 18.8 Å². The maximum atomic E-state index is 12.7. The number of hydrogen-bond acceptors (Lipinski definition) is 7. The molecular formula is C27H30N4O4. The van der Waals surface area contributed by atoms with Gasteiger partial charge in [0, 0.05) is 30.7 Å². The third-order valence-corrected chi connectivity index (χ3v) is 7.48. The van der Waals surface area contributed by atoms with E-state index in [4.69, 9.17) is 13.9 Å². The second-order valence-electron chi connectivity index (χ2n) is 10.1. The lowest BCUT2D eigenvalue weighted by Crippen LogP contribution is -2.56. The van der Waals surface area contributed by atoms with Crippen molar-refractivity contribution in [3.63, 3.8) is 0 Å². The van der Waals surface area contributed by atoms with Crippen molar-refractivity contribution in [1.29, 1.82) is 0 Å². The van der Waals surface area contributed by atoms with Gasteiger partial charge in [0.2, 0.25) is 5.89 Å². The summed E-state index contributed by atoms with van der Waals surface area (Å²) >= 11 is 0. The number of aromatic nitrogens is 2. The van der Waals surface area contributed by atoms with E-state index in [0.717, 1.165) is 44.2 Å². The second kappa shape index (κ2) is 9.09. The molecule has 0 aliphatic carbocycles. The number of benzene rings is 2. The summed E-state index contributed by atoms with van der Waals surface area (Å²) in [6, 6.07) is 15.8. The first-order valence-electron chi connectivity index (χ1n) is 12.3. The Balaban J connectivity index is 1.01. The highest BCUT2D eigenvalue weighted by Crippen LogP contribution is 2.39. The van der Waals surface area contributed by atoms with E-state index in [1.54, 1.807) is 4.90 Å². The normalized spacial score (nSPS) is 22.6. The molecule has 35 heavy (non-hydrogen) atoms. The van der Waals surface area contributed by atoms with Gasteiger partial charge in [-0.1, -0.05) is 24.3 Å². The van der Waals surface area contributed by atoms with Crippen LogP contribution in [0.3, 0.4) is 0 Å². The molecule has 8 nitrogen and oxygen atoms in total. The molecule has 4 heterocycles. The van der Waals surface area contributed by atoms with E-state index in [9.17, 15) is 4.79 Å². The molecule has 3 saturated heterocycles. The fraction of sp³-hybridized carbons (Fsp3) is 0.444. The lowest BCUT2D eigenvalue weighted by Gasteiger charge is -2.38. The van der Waals surface area contributed by atoms with Crippen LogP contribution in [-0.2, 0) is 11.3 Å². The van der Waals surface area contributed by atoms with Crippen molar-refractivity contribution in [2.24, 2.45) is 5.41 Å². The molecule has 1 aromatic heterocycles. The van der Waals surface area contributed by atoms with Crippen LogP contribution in [-0.4, -0.2) is 71.4 Å². The Morgan fingerprint density at radius 3 is 2.77 bits per heavy atom. The molecule has 2 aromatic carbocycles. The van der Waals surface area contributed by atoms with Gasteiger partial charge in [-0.15, -0.1) is 10.2 Å². The Labute approximate surface area is 204 Å². The smallest absolute Gasteiger partial charge is 0.311 e. The number of carbonyl (C=O) groups excluding carboxylic acids is 1. The molecule has 0 radical (unpaired) electrons. The average Bonchev–Trinajstić information content (AvgIpc) is 3.60. The Kier molecular flexibility index (Phi) is 5.78. The summed E-state index contributed by atoms with van der Waals surface area (Å²) in [5, 5.41) is 7.94. The number of rotatable bonds is 6. The minimum Gasteiger partial charge on any atom is -0.487 e. The molecule has 3 aliphatic rings. The van der Waals surface area contributed by atoms with Crippen molar-refractivity contribution in [2.45, 2.75) is 32.4 Å². The van der Waals surface area contributed by atoms with E-state index in [-0.39, 0.29) is 17.9 Å². The number of aryl methyl sites for hydroxylation is 1. The van der Waals surface area contributed by atoms with Gasteiger partial charge in [0.25, 0.3) is 0 Å². The van der Waals surface area contributed by atoms with Crippen LogP contribution in [0, 0.1) is 12.3 Å². The van der Waals surface area contributed by atoms with E-state index in [1.807, 2.05) is 36.4 Å². The highest BCUT2D eigenvalue weighted by atomic mass is 16.5. The van der Waals surface area contributed by atoms with Gasteiger partial charge in [0.15, 0.2) is 0 Å². The number of likely N-dealkylation sites (tertiary alicyclic amines) is 2. The third kappa shape index (κ3) is 4.56. The van der Waals surface area contributed by atoms with Crippen LogP contribution in [0.25, 0.3) is 11.5 Å². The summed E-state index contributed by atoms with van der Waals surface area (Å²) < 4.78 is 17.4. The van der Waals surface area contributed by atoms with Crippen molar-refractivity contribution in [1.82, 2.24) is 20.0 Å². The topological polar surface area (TPSA) is 80.9 Å². The zero-order chi connectivity index (χ0) is 23.8. The maximum absolute atomic E-state index is 12.7. The Bertz CT molecular complexity index is 1200. The van der Waals surface area contributed by atoms with Crippen molar-refractivity contribution >= 4 is 5.91 Å². The van der Waals surface area contributed by atoms with Crippen molar-refractivity contribution in [3.05, 3.63) is 65.5 Å².